The second kappa shape index (κ2) is 4.82. The predicted octanol–water partition coefficient (Wildman–Crippen LogP) is 0.0102. The summed E-state index contributed by atoms with van der Waals surface area (Å²) in [5.41, 5.74) is 1.14. The maximum Gasteiger partial charge on any atom is 0.254 e. The molecule has 0 saturated carbocycles. The molecule has 0 N–H and O–H groups in total. The molecule has 0 saturated heterocycles. The first kappa shape index (κ1) is 13.0. The van der Waals surface area contributed by atoms with Crippen LogP contribution in [0.15, 0.2) is 12.3 Å². The lowest BCUT2D eigenvalue weighted by molar-refractivity contribution is 0.624. The van der Waals surface area contributed by atoms with Crippen molar-refractivity contribution in [3.8, 4) is 6.07 Å². The molecule has 3 aromatic rings. The van der Waals surface area contributed by atoms with Gasteiger partial charge in [0.15, 0.2) is 11.5 Å². The summed E-state index contributed by atoms with van der Waals surface area (Å²) >= 11 is 0. The van der Waals surface area contributed by atoms with Crippen molar-refractivity contribution in [2.75, 3.05) is 19.0 Å². The second-order valence-corrected chi connectivity index (χ2v) is 4.80. The summed E-state index contributed by atoms with van der Waals surface area (Å²) < 4.78 is 3.21. The highest BCUT2D eigenvalue weighted by atomic mass is 15.4. The second-order valence-electron chi connectivity index (χ2n) is 4.80. The van der Waals surface area contributed by atoms with Crippen LogP contribution in [0.4, 0.5) is 5.82 Å². The summed E-state index contributed by atoms with van der Waals surface area (Å²) in [5.74, 6) is 1.99. The van der Waals surface area contributed by atoms with Crippen molar-refractivity contribution in [2.45, 2.75) is 13.5 Å². The van der Waals surface area contributed by atoms with E-state index in [9.17, 15) is 0 Å². The summed E-state index contributed by atoms with van der Waals surface area (Å²) in [6, 6.07) is 3.87. The van der Waals surface area contributed by atoms with Gasteiger partial charge in [0.05, 0.1) is 6.20 Å². The summed E-state index contributed by atoms with van der Waals surface area (Å²) in [7, 11) is 3.87. The fourth-order valence-corrected chi connectivity index (χ4v) is 1.97. The number of aromatic nitrogens is 7. The zero-order valence-corrected chi connectivity index (χ0v) is 11.9. The van der Waals surface area contributed by atoms with Crippen LogP contribution in [0, 0.1) is 18.3 Å². The van der Waals surface area contributed by atoms with Gasteiger partial charge in [-0.2, -0.15) is 14.8 Å². The zero-order chi connectivity index (χ0) is 15.0. The third-order valence-corrected chi connectivity index (χ3v) is 2.88. The van der Waals surface area contributed by atoms with E-state index < -0.39 is 0 Å². The first-order valence-corrected chi connectivity index (χ1v) is 6.27. The van der Waals surface area contributed by atoms with E-state index in [0.717, 1.165) is 11.5 Å². The molecule has 3 rings (SSSR count). The Morgan fingerprint density at radius 2 is 2.14 bits per heavy atom. The van der Waals surface area contributed by atoms with Gasteiger partial charge in [-0.25, -0.2) is 9.67 Å². The predicted molar refractivity (Wildman–Crippen MR) is 73.7 cm³/mol. The van der Waals surface area contributed by atoms with Crippen LogP contribution < -0.4 is 4.90 Å². The molecule has 0 unspecified atom stereocenters. The molecular weight excluding hydrogens is 270 g/mol. The van der Waals surface area contributed by atoms with Crippen molar-refractivity contribution >= 4 is 11.6 Å². The lowest BCUT2D eigenvalue weighted by atomic mass is 10.4. The van der Waals surface area contributed by atoms with Crippen LogP contribution >= 0.6 is 0 Å². The molecule has 21 heavy (non-hydrogen) atoms. The van der Waals surface area contributed by atoms with Gasteiger partial charge in [-0.15, -0.1) is 10.2 Å². The van der Waals surface area contributed by atoms with E-state index in [2.05, 4.69) is 25.4 Å². The van der Waals surface area contributed by atoms with Crippen LogP contribution in [0.1, 0.15) is 17.2 Å². The van der Waals surface area contributed by atoms with Crippen molar-refractivity contribution in [2.24, 2.45) is 0 Å². The van der Waals surface area contributed by atoms with Crippen LogP contribution in [-0.4, -0.2) is 48.7 Å². The molecule has 0 aliphatic carbocycles. The molecule has 0 amide bonds. The highest BCUT2D eigenvalue weighted by Crippen LogP contribution is 2.14. The van der Waals surface area contributed by atoms with Gasteiger partial charge in [-0.3, -0.25) is 0 Å². The van der Waals surface area contributed by atoms with Gasteiger partial charge in [0.25, 0.3) is 5.78 Å². The van der Waals surface area contributed by atoms with Crippen LogP contribution in [0.3, 0.4) is 0 Å². The molecular formula is C12H13N9. The Kier molecular flexibility index (Phi) is 2.98. The SMILES string of the molecule is Cc1cc(N(C)C)n2nc(Cn3cc(C#N)nn3)nc2n1. The van der Waals surface area contributed by atoms with E-state index in [1.807, 2.05) is 38.1 Å². The van der Waals surface area contributed by atoms with Gasteiger partial charge in [0.1, 0.15) is 18.4 Å². The first-order chi connectivity index (χ1) is 10.1. The first-order valence-electron chi connectivity index (χ1n) is 6.27. The Morgan fingerprint density at radius 1 is 1.33 bits per heavy atom. The van der Waals surface area contributed by atoms with Gasteiger partial charge in [-0.1, -0.05) is 5.21 Å². The molecule has 0 aliphatic rings. The maximum atomic E-state index is 8.74. The van der Waals surface area contributed by atoms with Crippen molar-refractivity contribution in [3.05, 3.63) is 29.5 Å². The number of anilines is 1. The molecule has 0 radical (unpaired) electrons. The van der Waals surface area contributed by atoms with Crippen molar-refractivity contribution in [1.82, 2.24) is 34.6 Å². The highest BCUT2D eigenvalue weighted by molar-refractivity contribution is 5.46. The van der Waals surface area contributed by atoms with Crippen LogP contribution in [-0.2, 0) is 6.54 Å². The largest absolute Gasteiger partial charge is 0.363 e. The zero-order valence-electron chi connectivity index (χ0n) is 11.9. The summed E-state index contributed by atoms with van der Waals surface area (Å²) in [6.45, 7) is 2.25. The topological polar surface area (TPSA) is 101 Å². The Bertz CT molecular complexity index is 836. The Balaban J connectivity index is 2.01. The molecule has 3 aromatic heterocycles. The fraction of sp³-hybridized carbons (Fsp3) is 0.333. The molecule has 9 nitrogen and oxygen atoms in total. The number of aryl methyl sites for hydroxylation is 1. The molecule has 0 aromatic carbocycles. The third-order valence-electron chi connectivity index (χ3n) is 2.88. The fourth-order valence-electron chi connectivity index (χ4n) is 1.97. The molecule has 0 bridgehead atoms. The number of fused-ring (bicyclic) bond motifs is 1. The lowest BCUT2D eigenvalue weighted by Gasteiger charge is -2.13. The quantitative estimate of drug-likeness (QED) is 0.667. The van der Waals surface area contributed by atoms with Gasteiger partial charge in [0.2, 0.25) is 0 Å². The number of nitrogens with zero attached hydrogens (tertiary/aromatic N) is 9. The van der Waals surface area contributed by atoms with E-state index in [1.54, 1.807) is 10.7 Å². The lowest BCUT2D eigenvalue weighted by Crippen LogP contribution is -2.14. The Hall–Kier alpha value is -3.02. The molecule has 106 valence electrons. The number of hydrogen-bond acceptors (Lipinski definition) is 7. The number of rotatable bonds is 3. The molecule has 3 heterocycles. The third kappa shape index (κ3) is 2.38. The van der Waals surface area contributed by atoms with E-state index in [4.69, 9.17) is 5.26 Å². The standard InChI is InChI=1S/C12H13N9/c1-8-4-11(19(2)3)21-12(14-8)15-10(17-21)7-20-6-9(5-13)16-18-20/h4,6H,7H2,1-3H3. The molecule has 9 heteroatoms. The van der Waals surface area contributed by atoms with E-state index in [-0.39, 0.29) is 5.69 Å². The Labute approximate surface area is 120 Å². The molecule has 0 spiro atoms. The monoisotopic (exact) mass is 283 g/mol. The highest BCUT2D eigenvalue weighted by Gasteiger charge is 2.12. The molecule has 0 atom stereocenters. The minimum absolute atomic E-state index is 0.265. The molecule has 0 fully saturated rings. The van der Waals surface area contributed by atoms with Crippen molar-refractivity contribution < 1.29 is 0 Å². The average molecular weight is 283 g/mol. The van der Waals surface area contributed by atoms with E-state index in [0.29, 0.717) is 18.1 Å². The van der Waals surface area contributed by atoms with Crippen LogP contribution in [0.25, 0.3) is 5.78 Å². The summed E-state index contributed by atoms with van der Waals surface area (Å²) in [6.07, 6.45) is 1.55. The van der Waals surface area contributed by atoms with Crippen molar-refractivity contribution in [1.29, 1.82) is 5.26 Å². The van der Waals surface area contributed by atoms with Gasteiger partial charge in [0, 0.05) is 25.9 Å². The van der Waals surface area contributed by atoms with E-state index in [1.165, 1.54) is 4.68 Å². The summed E-state index contributed by atoms with van der Waals surface area (Å²) in [5, 5.41) is 20.7. The Morgan fingerprint density at radius 3 is 2.81 bits per heavy atom. The normalized spacial score (nSPS) is 10.8. The number of nitriles is 1. The number of hydrogen-bond donors (Lipinski definition) is 0. The smallest absolute Gasteiger partial charge is 0.254 e. The van der Waals surface area contributed by atoms with Crippen molar-refractivity contribution in [3.63, 3.8) is 0 Å². The maximum absolute atomic E-state index is 8.74. The minimum Gasteiger partial charge on any atom is -0.363 e. The van der Waals surface area contributed by atoms with Crippen LogP contribution in [0.2, 0.25) is 0 Å². The molecule has 0 aliphatic heterocycles. The average Bonchev–Trinajstić information content (AvgIpc) is 3.03. The van der Waals surface area contributed by atoms with Gasteiger partial charge >= 0.3 is 0 Å². The minimum atomic E-state index is 0.265. The van der Waals surface area contributed by atoms with Crippen LogP contribution in [0.5, 0.6) is 0 Å². The van der Waals surface area contributed by atoms with Gasteiger partial charge < -0.3 is 4.90 Å². The van der Waals surface area contributed by atoms with Gasteiger partial charge in [-0.05, 0) is 6.92 Å². The van der Waals surface area contributed by atoms with E-state index >= 15 is 0 Å². The summed E-state index contributed by atoms with van der Waals surface area (Å²) in [4.78, 5) is 10.7.